The number of thiazole rings is 1. The smallest absolute Gasteiger partial charge is 0.406 e. The molecule has 2 aromatic carbocycles. The third-order valence-corrected chi connectivity index (χ3v) is 17.9. The van der Waals surface area contributed by atoms with Crippen LogP contribution in [0.3, 0.4) is 0 Å². The Labute approximate surface area is 460 Å². The van der Waals surface area contributed by atoms with Gasteiger partial charge in [0.25, 0.3) is 12.3 Å². The van der Waals surface area contributed by atoms with Crippen LogP contribution in [0.5, 0.6) is 0 Å². The average molecular weight is 1110 g/mol. The number of hydrogen-bond acceptors (Lipinski definition) is 12. The normalized spacial score (nSPS) is 27.1. The minimum Gasteiger partial charge on any atom is -0.464 e. The Morgan fingerprint density at radius 1 is 1.03 bits per heavy atom. The van der Waals surface area contributed by atoms with Crippen LogP contribution in [0.25, 0.3) is 33.4 Å². The van der Waals surface area contributed by atoms with E-state index in [4.69, 9.17) is 24.2 Å². The van der Waals surface area contributed by atoms with E-state index in [-0.39, 0.29) is 59.1 Å². The summed E-state index contributed by atoms with van der Waals surface area (Å²) in [5.41, 5.74) is 6.30. The average Bonchev–Trinajstić information content (AvgIpc) is 4.44. The van der Waals surface area contributed by atoms with E-state index in [1.165, 1.54) is 29.5 Å². The summed E-state index contributed by atoms with van der Waals surface area (Å²) in [5, 5.41) is 6.48. The Balaban J connectivity index is 1.03. The standard InChI is InChI=1S/C59H67F5N8O6S/c1-32(69-18-20-70(21-19-69)39-15-16-39)12-13-35-22-42(49(65-27-35)34(3)76-6)52-43-26-58(4,5)31-78-57(75)50-38-23-40(24-38)72(68-50)56(74)51(67-54(73)48-33(2)47(48)36-10-8-7-9-11-36)53(77-28-46(60)61)55-66-44(29-79-55)37-14-17-45(41(43)25-37)71(52)30-59(62,63)64/h7-11,14,17,22,25,27,29,32-34,38-40,46-48,50-51,53,68H,15-16,18-21,23-24,26,28,30-31H2,1-6H3,(H,67,73)/t32-,33+,34+,38?,40?,47+,48-,50+,51+,53+/m1/s1. The first-order valence-corrected chi connectivity index (χ1v) is 28.3. The number of pyridine rings is 1. The van der Waals surface area contributed by atoms with Crippen LogP contribution in [0.2, 0.25) is 0 Å². The van der Waals surface area contributed by atoms with Crippen molar-refractivity contribution in [2.75, 3.05) is 46.5 Å². The number of hydrogen-bond donors (Lipinski definition) is 2. The van der Waals surface area contributed by atoms with Crippen LogP contribution in [0, 0.1) is 35.0 Å². The molecule has 8 atom stereocenters. The van der Waals surface area contributed by atoms with Crippen LogP contribution in [-0.4, -0.2) is 136 Å². The van der Waals surface area contributed by atoms with Gasteiger partial charge < -0.3 is 24.1 Å². The van der Waals surface area contributed by atoms with Crippen LogP contribution >= 0.6 is 11.3 Å². The van der Waals surface area contributed by atoms with Crippen LogP contribution < -0.4 is 10.7 Å². The molecule has 0 unspecified atom stereocenters. The number of carbonyl (C=O) groups excluding carboxylic acids is 3. The van der Waals surface area contributed by atoms with Gasteiger partial charge in [-0.2, -0.15) is 13.2 Å². The predicted octanol–water partition coefficient (Wildman–Crippen LogP) is 9.09. The lowest BCUT2D eigenvalue weighted by atomic mass is 9.73. The van der Waals surface area contributed by atoms with Crippen LogP contribution in [0.4, 0.5) is 22.0 Å². The number of nitrogens with zero attached hydrogens (tertiary/aromatic N) is 6. The second-order valence-electron chi connectivity index (χ2n) is 23.2. The zero-order chi connectivity index (χ0) is 55.7. The second kappa shape index (κ2) is 21.9. The van der Waals surface area contributed by atoms with Gasteiger partial charge >= 0.3 is 12.1 Å². The van der Waals surface area contributed by atoms with Crippen molar-refractivity contribution < 1.29 is 50.5 Å². The molecule has 4 aliphatic heterocycles. The molecule has 79 heavy (non-hydrogen) atoms. The maximum Gasteiger partial charge on any atom is 0.406 e. The monoisotopic (exact) mass is 1110 g/mol. The first-order chi connectivity index (χ1) is 37.8. The van der Waals surface area contributed by atoms with E-state index >= 15 is 18.0 Å². The minimum absolute atomic E-state index is 0.0927. The fourth-order valence-electron chi connectivity index (χ4n) is 12.4. The third-order valence-electron chi connectivity index (χ3n) is 17.0. The Bertz CT molecular complexity index is 3160. The number of hydrazine groups is 1. The van der Waals surface area contributed by atoms with Crippen molar-refractivity contribution in [1.29, 1.82) is 0 Å². The highest BCUT2D eigenvalue weighted by Gasteiger charge is 2.56. The summed E-state index contributed by atoms with van der Waals surface area (Å²) >= 11 is 1.04. The van der Waals surface area contributed by atoms with E-state index in [9.17, 15) is 18.4 Å². The van der Waals surface area contributed by atoms with Crippen molar-refractivity contribution in [1.82, 2.24) is 40.1 Å². The molecule has 3 saturated heterocycles. The molecule has 7 heterocycles. The lowest BCUT2D eigenvalue weighted by Crippen LogP contribution is -2.72. The quantitative estimate of drug-likeness (QED) is 0.0702. The number of piperazine rings is 1. The van der Waals surface area contributed by atoms with Gasteiger partial charge in [0, 0.05) is 95.9 Å². The molecule has 2 amide bonds. The van der Waals surface area contributed by atoms with Crippen molar-refractivity contribution in [2.45, 2.75) is 134 Å². The van der Waals surface area contributed by atoms with Gasteiger partial charge in [-0.25, -0.2) is 19.2 Å². The fourth-order valence-corrected chi connectivity index (χ4v) is 13.3. The molecule has 12 rings (SSSR count). The molecule has 3 saturated carbocycles. The summed E-state index contributed by atoms with van der Waals surface area (Å²) in [6.45, 7) is 10.7. The summed E-state index contributed by atoms with van der Waals surface area (Å²) in [4.78, 5) is 58.6. The molecule has 6 fully saturated rings. The van der Waals surface area contributed by atoms with E-state index in [1.807, 2.05) is 51.1 Å². The number of alkyl halides is 5. The SMILES string of the molecule is CO[C@@H](C)c1ncc(C#C[C@@H](C)N2CCN(C3CC3)CC2)cc1-c1c2c3cc(ccc3n1CC(F)(F)F)-c1csc(n1)[C@@H](OCC(F)F)[C@H](NC(=O)[C@@H]1[C@@H](C)[C@H]1c1ccccc1)C(=O)N1N[C@H](C(=O)OCC(C)(C)C2)C2CC1C2. The summed E-state index contributed by atoms with van der Waals surface area (Å²) in [5.74, 6) is 3.92. The van der Waals surface area contributed by atoms with Crippen molar-refractivity contribution in [2.24, 2.45) is 23.2 Å². The highest BCUT2D eigenvalue weighted by atomic mass is 32.1. The topological polar surface area (TPSA) is 143 Å². The Kier molecular flexibility index (Phi) is 15.3. The molecule has 0 radical (unpaired) electrons. The zero-order valence-electron chi connectivity index (χ0n) is 45.2. The number of halogens is 5. The van der Waals surface area contributed by atoms with E-state index in [0.717, 1.165) is 43.1 Å². The molecule has 2 N–H and O–H groups in total. The van der Waals surface area contributed by atoms with Gasteiger partial charge in [0.15, 0.2) is 0 Å². The van der Waals surface area contributed by atoms with E-state index in [0.29, 0.717) is 57.9 Å². The number of ether oxygens (including phenoxy) is 3. The third kappa shape index (κ3) is 11.5. The highest BCUT2D eigenvalue weighted by molar-refractivity contribution is 7.10. The van der Waals surface area contributed by atoms with Crippen molar-refractivity contribution in [3.63, 3.8) is 0 Å². The first-order valence-electron chi connectivity index (χ1n) is 27.5. The lowest BCUT2D eigenvalue weighted by Gasteiger charge is -2.53. The maximum absolute atomic E-state index is 15.2. The summed E-state index contributed by atoms with van der Waals surface area (Å²) in [6, 6.07) is 14.0. The fraction of sp³-hybridized carbons (Fsp3) is 0.542. The second-order valence-corrected chi connectivity index (χ2v) is 24.1. The van der Waals surface area contributed by atoms with Gasteiger partial charge in [-0.05, 0) is 93.0 Å². The Hall–Kier alpha value is -5.82. The van der Waals surface area contributed by atoms with Gasteiger partial charge in [0.05, 0.1) is 35.8 Å². The predicted molar refractivity (Wildman–Crippen MR) is 287 cm³/mol. The van der Waals surface area contributed by atoms with E-state index in [1.54, 1.807) is 42.8 Å². The number of amides is 2. The molecule has 20 heteroatoms. The number of rotatable bonds is 12. The summed E-state index contributed by atoms with van der Waals surface area (Å²) < 4.78 is 93.4. The number of fused-ring (bicyclic) bond motifs is 4. The molecule has 7 aliphatic rings. The molecular weight excluding hydrogens is 1040 g/mol. The molecular formula is C59H67F5N8O6S. The number of cyclic esters (lactones) is 1. The molecule has 3 aliphatic carbocycles. The van der Waals surface area contributed by atoms with Crippen LogP contribution in [-0.2, 0) is 41.6 Å². The van der Waals surface area contributed by atoms with Crippen LogP contribution in [0.1, 0.15) is 106 Å². The molecule has 5 aromatic rings. The number of aromatic nitrogens is 3. The van der Waals surface area contributed by atoms with Crippen molar-refractivity contribution in [3.8, 4) is 34.4 Å². The largest absolute Gasteiger partial charge is 0.464 e. The Morgan fingerprint density at radius 3 is 2.47 bits per heavy atom. The first kappa shape index (κ1) is 55.1. The molecule has 3 aromatic heterocycles. The molecule has 8 bridgehead atoms. The number of methoxy groups -OCH3 is 1. The summed E-state index contributed by atoms with van der Waals surface area (Å²) in [7, 11) is 1.51. The van der Waals surface area contributed by atoms with E-state index < -0.39 is 79.2 Å². The molecule has 0 spiro atoms. The maximum atomic E-state index is 15.2. The lowest BCUT2D eigenvalue weighted by molar-refractivity contribution is -0.173. The number of esters is 1. The zero-order valence-corrected chi connectivity index (χ0v) is 46.0. The minimum atomic E-state index is -4.69. The molecule has 14 nitrogen and oxygen atoms in total. The van der Waals surface area contributed by atoms with E-state index in [2.05, 4.69) is 39.3 Å². The Morgan fingerprint density at radius 2 is 1.77 bits per heavy atom. The van der Waals surface area contributed by atoms with Crippen molar-refractivity contribution >= 4 is 40.0 Å². The van der Waals surface area contributed by atoms with Gasteiger partial charge in [0.1, 0.15) is 36.3 Å². The highest BCUT2D eigenvalue weighted by Crippen LogP contribution is 2.54. The number of nitrogens with one attached hydrogen (secondary N) is 2. The summed E-state index contributed by atoms with van der Waals surface area (Å²) in [6.07, 6.45) is -4.73. The van der Waals surface area contributed by atoms with Crippen LogP contribution in [0.15, 0.2) is 66.2 Å². The van der Waals surface area contributed by atoms with Gasteiger partial charge in [0.2, 0.25) is 5.91 Å². The van der Waals surface area contributed by atoms with Gasteiger partial charge in [-0.3, -0.25) is 34.2 Å². The number of carbonyl (C=O) groups is 3. The number of benzene rings is 2. The van der Waals surface area contributed by atoms with Crippen molar-refractivity contribution in [3.05, 3.63) is 93.6 Å². The molecule has 420 valence electrons. The van der Waals surface area contributed by atoms with Gasteiger partial charge in [-0.15, -0.1) is 11.3 Å². The van der Waals surface area contributed by atoms with Gasteiger partial charge in [-0.1, -0.05) is 69.0 Å².